The maximum Gasteiger partial charge on any atom is 0.217 e. The Morgan fingerprint density at radius 1 is 0.667 bits per heavy atom. The zero-order valence-electron chi connectivity index (χ0n) is 18.4. The third kappa shape index (κ3) is 33.0. The van der Waals surface area contributed by atoms with E-state index in [1.807, 2.05) is 0 Å². The van der Waals surface area contributed by atoms with Gasteiger partial charge in [-0.15, -0.1) is 0 Å². The van der Waals surface area contributed by atoms with Gasteiger partial charge in [-0.1, -0.05) is 110 Å². The molecule has 0 atom stereocenters. The fraction of sp³-hybridized carbons (Fsp3) is 0.913. The van der Waals surface area contributed by atoms with Crippen molar-refractivity contribution in [2.75, 3.05) is 6.54 Å². The van der Waals surface area contributed by atoms with E-state index in [4.69, 9.17) is 5.73 Å². The van der Waals surface area contributed by atoms with Crippen LogP contribution in [0.5, 0.6) is 0 Å². The first-order valence-electron chi connectivity index (χ1n) is 11.6. The molecule has 0 unspecified atom stereocenters. The molecule has 0 spiro atoms. The van der Waals surface area contributed by atoms with Gasteiger partial charge in [0, 0.05) is 13.0 Å². The van der Waals surface area contributed by atoms with E-state index >= 15 is 0 Å². The number of primary amides is 1. The molecule has 0 saturated carbocycles. The Labute approximate surface area is 169 Å². The van der Waals surface area contributed by atoms with Crippen LogP contribution in [-0.4, -0.2) is 18.9 Å². The summed E-state index contributed by atoms with van der Waals surface area (Å²) in [7, 11) is 0. The van der Waals surface area contributed by atoms with Crippen LogP contribution < -0.4 is 11.1 Å². The highest BCUT2D eigenvalue weighted by Crippen LogP contribution is 2.10. The maximum atomic E-state index is 10.4. The summed E-state index contributed by atoms with van der Waals surface area (Å²) in [6.45, 7) is 5.32. The molecule has 2 amide bonds. The molecule has 0 radical (unpaired) electrons. The lowest BCUT2D eigenvalue weighted by Crippen LogP contribution is -2.11. The van der Waals surface area contributed by atoms with Crippen LogP contribution in [0.4, 0.5) is 0 Å². The standard InChI is InChI=1S/C13H27NO.C10H21NO/c1-2-3-4-5-6-7-8-9-10-11-12-14-13-15;1-2-3-4-5-6-7-8-9-10(11)12/h13H,2-12H2,1H3,(H,14,15);2-9H2,1H3,(H2,11,12). The van der Waals surface area contributed by atoms with Crippen molar-refractivity contribution < 1.29 is 9.59 Å². The second-order valence-electron chi connectivity index (χ2n) is 7.59. The van der Waals surface area contributed by atoms with Crippen molar-refractivity contribution in [1.82, 2.24) is 5.32 Å². The van der Waals surface area contributed by atoms with Gasteiger partial charge in [-0.3, -0.25) is 9.59 Å². The van der Waals surface area contributed by atoms with E-state index in [1.54, 1.807) is 0 Å². The van der Waals surface area contributed by atoms with Crippen molar-refractivity contribution in [2.24, 2.45) is 5.73 Å². The summed E-state index contributed by atoms with van der Waals surface area (Å²) < 4.78 is 0. The predicted octanol–water partition coefficient (Wildman–Crippen LogP) is 6.27. The molecule has 0 aliphatic carbocycles. The molecule has 4 heteroatoms. The number of unbranched alkanes of at least 4 members (excludes halogenated alkanes) is 15. The van der Waals surface area contributed by atoms with Crippen molar-refractivity contribution in [3.63, 3.8) is 0 Å². The monoisotopic (exact) mass is 384 g/mol. The first kappa shape index (κ1) is 28.2. The van der Waals surface area contributed by atoms with Crippen LogP contribution in [-0.2, 0) is 9.59 Å². The molecule has 0 saturated heterocycles. The maximum absolute atomic E-state index is 10.4. The minimum Gasteiger partial charge on any atom is -0.370 e. The molecule has 162 valence electrons. The number of hydrogen-bond donors (Lipinski definition) is 2. The second-order valence-corrected chi connectivity index (χ2v) is 7.59. The van der Waals surface area contributed by atoms with Gasteiger partial charge in [0.1, 0.15) is 0 Å². The van der Waals surface area contributed by atoms with E-state index < -0.39 is 0 Å². The second kappa shape index (κ2) is 27.2. The summed E-state index contributed by atoms with van der Waals surface area (Å²) in [6.07, 6.45) is 23.5. The van der Waals surface area contributed by atoms with Crippen molar-refractivity contribution in [2.45, 2.75) is 129 Å². The van der Waals surface area contributed by atoms with Crippen molar-refractivity contribution in [3.8, 4) is 0 Å². The van der Waals surface area contributed by atoms with Crippen LogP contribution in [0.15, 0.2) is 0 Å². The Morgan fingerprint density at radius 3 is 1.41 bits per heavy atom. The SMILES string of the molecule is CCCCCCCCCC(N)=O.CCCCCCCCCCCCNC=O. The number of rotatable bonds is 20. The third-order valence-electron chi connectivity index (χ3n) is 4.78. The van der Waals surface area contributed by atoms with Crippen LogP contribution in [0.3, 0.4) is 0 Å². The molecule has 0 rings (SSSR count). The van der Waals surface area contributed by atoms with Crippen molar-refractivity contribution in [3.05, 3.63) is 0 Å². The summed E-state index contributed by atoms with van der Waals surface area (Å²) in [5.41, 5.74) is 5.02. The highest BCUT2D eigenvalue weighted by atomic mass is 16.1. The summed E-state index contributed by atoms with van der Waals surface area (Å²) in [4.78, 5) is 20.3. The molecule has 4 nitrogen and oxygen atoms in total. The minimum absolute atomic E-state index is 0.163. The van der Waals surface area contributed by atoms with Gasteiger partial charge >= 0.3 is 0 Å². The normalized spacial score (nSPS) is 10.1. The lowest BCUT2D eigenvalue weighted by Gasteiger charge is -2.01. The Morgan fingerprint density at radius 2 is 1.04 bits per heavy atom. The van der Waals surface area contributed by atoms with Gasteiger partial charge in [0.2, 0.25) is 12.3 Å². The highest BCUT2D eigenvalue weighted by Gasteiger charge is 1.94. The molecule has 0 aromatic heterocycles. The zero-order valence-corrected chi connectivity index (χ0v) is 18.4. The predicted molar refractivity (Wildman–Crippen MR) is 118 cm³/mol. The average Bonchev–Trinajstić information content (AvgIpc) is 2.66. The van der Waals surface area contributed by atoms with Crippen LogP contribution in [0.25, 0.3) is 0 Å². The van der Waals surface area contributed by atoms with Gasteiger partial charge in [0.05, 0.1) is 0 Å². The van der Waals surface area contributed by atoms with E-state index in [1.165, 1.54) is 89.9 Å². The largest absolute Gasteiger partial charge is 0.370 e. The Kier molecular flexibility index (Phi) is 28.3. The van der Waals surface area contributed by atoms with Crippen LogP contribution in [0.1, 0.15) is 129 Å². The number of nitrogens with two attached hydrogens (primary N) is 1. The molecule has 27 heavy (non-hydrogen) atoms. The lowest BCUT2D eigenvalue weighted by atomic mass is 10.1. The fourth-order valence-corrected chi connectivity index (χ4v) is 3.03. The number of amides is 2. The van der Waals surface area contributed by atoms with Gasteiger partial charge in [-0.05, 0) is 12.8 Å². The van der Waals surface area contributed by atoms with Gasteiger partial charge in [0.15, 0.2) is 0 Å². The highest BCUT2D eigenvalue weighted by molar-refractivity contribution is 5.73. The molecule has 0 heterocycles. The van der Waals surface area contributed by atoms with E-state index in [0.29, 0.717) is 6.42 Å². The van der Waals surface area contributed by atoms with E-state index in [0.717, 1.165) is 32.2 Å². The van der Waals surface area contributed by atoms with E-state index in [2.05, 4.69) is 19.2 Å². The summed E-state index contributed by atoms with van der Waals surface area (Å²) in [5, 5.41) is 2.69. The number of carbonyl (C=O) groups is 2. The van der Waals surface area contributed by atoms with E-state index in [-0.39, 0.29) is 5.91 Å². The number of nitrogens with one attached hydrogen (secondary N) is 1. The Bertz CT molecular complexity index is 296. The van der Waals surface area contributed by atoms with Crippen molar-refractivity contribution in [1.29, 1.82) is 0 Å². The minimum atomic E-state index is -0.163. The topological polar surface area (TPSA) is 72.2 Å². The van der Waals surface area contributed by atoms with Gasteiger partial charge in [-0.25, -0.2) is 0 Å². The molecule has 0 aromatic rings. The van der Waals surface area contributed by atoms with Crippen LogP contribution in [0, 0.1) is 0 Å². The quantitative estimate of drug-likeness (QED) is 0.192. The molecule has 0 bridgehead atoms. The first-order valence-corrected chi connectivity index (χ1v) is 11.6. The van der Waals surface area contributed by atoms with Gasteiger partial charge in [0.25, 0.3) is 0 Å². The lowest BCUT2D eigenvalue weighted by molar-refractivity contribution is -0.118. The summed E-state index contributed by atoms with van der Waals surface area (Å²) >= 11 is 0. The smallest absolute Gasteiger partial charge is 0.217 e. The van der Waals surface area contributed by atoms with Crippen LogP contribution >= 0.6 is 0 Å². The zero-order chi connectivity index (χ0) is 20.4. The van der Waals surface area contributed by atoms with Crippen molar-refractivity contribution >= 4 is 12.3 Å². The summed E-state index contributed by atoms with van der Waals surface area (Å²) in [5.74, 6) is -0.163. The van der Waals surface area contributed by atoms with Crippen LogP contribution in [0.2, 0.25) is 0 Å². The third-order valence-corrected chi connectivity index (χ3v) is 4.78. The molecule has 0 aliphatic rings. The Hall–Kier alpha value is -1.06. The molecule has 0 fully saturated rings. The molecule has 0 aromatic carbocycles. The fourth-order valence-electron chi connectivity index (χ4n) is 3.03. The first-order chi connectivity index (χ1) is 13.2. The summed E-state index contributed by atoms with van der Waals surface area (Å²) in [6, 6.07) is 0. The van der Waals surface area contributed by atoms with Gasteiger partial charge in [-0.2, -0.15) is 0 Å². The number of carbonyl (C=O) groups excluding carboxylic acids is 2. The number of hydrogen-bond acceptors (Lipinski definition) is 2. The average molecular weight is 385 g/mol. The Balaban J connectivity index is 0. The van der Waals surface area contributed by atoms with Gasteiger partial charge < -0.3 is 11.1 Å². The molecular formula is C23H48N2O2. The molecular weight excluding hydrogens is 336 g/mol. The molecule has 0 aliphatic heterocycles. The molecule has 3 N–H and O–H groups in total. The van der Waals surface area contributed by atoms with E-state index in [9.17, 15) is 9.59 Å².